The molecule has 0 atom stereocenters. The van der Waals surface area contributed by atoms with E-state index in [1.54, 1.807) is 36.4 Å². The molecule has 0 spiro atoms. The molecule has 6 heteroatoms. The summed E-state index contributed by atoms with van der Waals surface area (Å²) in [7, 11) is 0. The molecule has 0 bridgehead atoms. The molecule has 3 nitrogen and oxygen atoms in total. The lowest BCUT2D eigenvalue weighted by atomic mass is 10.2. The van der Waals surface area contributed by atoms with E-state index in [0.29, 0.717) is 10.6 Å². The van der Waals surface area contributed by atoms with Crippen molar-refractivity contribution in [2.45, 2.75) is 0 Å². The van der Waals surface area contributed by atoms with Crippen LogP contribution in [0.4, 0.5) is 4.39 Å². The SMILES string of the molecule is O=C(N/N=C/c1cc(Br)ccc1F)c1ccccc1Cl. The number of nitrogens with one attached hydrogen (secondary N) is 1. The number of halogens is 3. The predicted octanol–water partition coefficient (Wildman–Crippen LogP) is 4.01. The summed E-state index contributed by atoms with van der Waals surface area (Å²) in [5.41, 5.74) is 2.87. The lowest BCUT2D eigenvalue weighted by Crippen LogP contribution is -2.18. The highest BCUT2D eigenvalue weighted by atomic mass is 79.9. The monoisotopic (exact) mass is 354 g/mol. The fourth-order valence-corrected chi connectivity index (χ4v) is 2.08. The van der Waals surface area contributed by atoms with E-state index in [9.17, 15) is 9.18 Å². The van der Waals surface area contributed by atoms with Crippen molar-refractivity contribution in [3.05, 3.63) is 68.9 Å². The van der Waals surface area contributed by atoms with Crippen LogP contribution >= 0.6 is 27.5 Å². The Morgan fingerprint density at radius 1 is 1.30 bits per heavy atom. The van der Waals surface area contributed by atoms with Gasteiger partial charge in [-0.2, -0.15) is 5.10 Å². The van der Waals surface area contributed by atoms with E-state index < -0.39 is 11.7 Å². The van der Waals surface area contributed by atoms with Crippen molar-refractivity contribution >= 4 is 39.7 Å². The average Bonchev–Trinajstić information content (AvgIpc) is 2.43. The van der Waals surface area contributed by atoms with Crippen molar-refractivity contribution in [1.82, 2.24) is 5.43 Å². The van der Waals surface area contributed by atoms with Gasteiger partial charge in [0.1, 0.15) is 5.82 Å². The van der Waals surface area contributed by atoms with Crippen LogP contribution in [0.1, 0.15) is 15.9 Å². The third-order valence-electron chi connectivity index (χ3n) is 2.45. The second kappa shape index (κ2) is 6.63. The van der Waals surface area contributed by atoms with Crippen molar-refractivity contribution in [1.29, 1.82) is 0 Å². The first-order valence-electron chi connectivity index (χ1n) is 5.61. The smallest absolute Gasteiger partial charge is 0.267 e. The normalized spacial score (nSPS) is 10.8. The van der Waals surface area contributed by atoms with Gasteiger partial charge in [-0.25, -0.2) is 9.82 Å². The Hall–Kier alpha value is -1.72. The van der Waals surface area contributed by atoms with Crippen LogP contribution in [-0.2, 0) is 0 Å². The van der Waals surface area contributed by atoms with E-state index in [0.717, 1.165) is 4.47 Å². The molecule has 0 aliphatic heterocycles. The Morgan fingerprint density at radius 3 is 2.80 bits per heavy atom. The Morgan fingerprint density at radius 2 is 2.05 bits per heavy atom. The molecule has 1 N–H and O–H groups in total. The van der Waals surface area contributed by atoms with Crippen LogP contribution in [0.15, 0.2) is 52.0 Å². The summed E-state index contributed by atoms with van der Waals surface area (Å²) in [6.45, 7) is 0. The molecular formula is C14H9BrClFN2O. The first-order chi connectivity index (χ1) is 9.58. The van der Waals surface area contributed by atoms with E-state index in [-0.39, 0.29) is 5.56 Å². The zero-order valence-corrected chi connectivity index (χ0v) is 12.5. The minimum absolute atomic E-state index is 0.263. The second-order valence-corrected chi connectivity index (χ2v) is 5.17. The van der Waals surface area contributed by atoms with Gasteiger partial charge in [0.05, 0.1) is 16.8 Å². The van der Waals surface area contributed by atoms with E-state index >= 15 is 0 Å². The molecule has 20 heavy (non-hydrogen) atoms. The minimum atomic E-state index is -0.456. The molecule has 2 rings (SSSR count). The third kappa shape index (κ3) is 3.65. The molecule has 2 aromatic carbocycles. The molecule has 0 saturated carbocycles. The summed E-state index contributed by atoms with van der Waals surface area (Å²) in [4.78, 5) is 11.8. The van der Waals surface area contributed by atoms with Gasteiger partial charge in [0.15, 0.2) is 0 Å². The number of rotatable bonds is 3. The number of hydrogen-bond acceptors (Lipinski definition) is 2. The minimum Gasteiger partial charge on any atom is -0.267 e. The van der Waals surface area contributed by atoms with Gasteiger partial charge in [-0.3, -0.25) is 4.79 Å². The quantitative estimate of drug-likeness (QED) is 0.656. The van der Waals surface area contributed by atoms with Gasteiger partial charge >= 0.3 is 0 Å². The fourth-order valence-electron chi connectivity index (χ4n) is 1.48. The Balaban J connectivity index is 2.09. The highest BCUT2D eigenvalue weighted by molar-refractivity contribution is 9.10. The van der Waals surface area contributed by atoms with Gasteiger partial charge < -0.3 is 0 Å². The van der Waals surface area contributed by atoms with Gasteiger partial charge in [0.2, 0.25) is 0 Å². The zero-order chi connectivity index (χ0) is 14.5. The van der Waals surface area contributed by atoms with Crippen molar-refractivity contribution in [2.75, 3.05) is 0 Å². The standard InChI is InChI=1S/C14H9BrClFN2O/c15-10-5-6-13(17)9(7-10)8-18-19-14(20)11-3-1-2-4-12(11)16/h1-8H,(H,19,20)/b18-8+. The van der Waals surface area contributed by atoms with Gasteiger partial charge in [0, 0.05) is 10.0 Å². The maximum atomic E-state index is 13.4. The number of carbonyl (C=O) groups is 1. The first kappa shape index (κ1) is 14.7. The Labute approximate surface area is 128 Å². The molecule has 0 saturated heterocycles. The van der Waals surface area contributed by atoms with Gasteiger partial charge in [-0.1, -0.05) is 39.7 Å². The van der Waals surface area contributed by atoms with Crippen LogP contribution in [0.5, 0.6) is 0 Å². The maximum Gasteiger partial charge on any atom is 0.272 e. The van der Waals surface area contributed by atoms with Crippen LogP contribution in [0.25, 0.3) is 0 Å². The number of nitrogens with zero attached hydrogens (tertiary/aromatic N) is 1. The lowest BCUT2D eigenvalue weighted by Gasteiger charge is -2.02. The maximum absolute atomic E-state index is 13.4. The molecule has 2 aromatic rings. The van der Waals surface area contributed by atoms with Crippen LogP contribution in [-0.4, -0.2) is 12.1 Å². The number of hydrazone groups is 1. The zero-order valence-electron chi connectivity index (χ0n) is 10.1. The van der Waals surface area contributed by atoms with E-state index in [2.05, 4.69) is 26.5 Å². The number of carbonyl (C=O) groups excluding carboxylic acids is 1. The fraction of sp³-hybridized carbons (Fsp3) is 0. The molecule has 0 aliphatic carbocycles. The highest BCUT2D eigenvalue weighted by Crippen LogP contribution is 2.15. The molecule has 102 valence electrons. The first-order valence-corrected chi connectivity index (χ1v) is 6.78. The summed E-state index contributed by atoms with van der Waals surface area (Å²) in [5, 5.41) is 4.04. The molecular weight excluding hydrogens is 347 g/mol. The topological polar surface area (TPSA) is 41.5 Å². The second-order valence-electron chi connectivity index (χ2n) is 3.84. The summed E-state index contributed by atoms with van der Waals surface area (Å²) >= 11 is 9.11. The van der Waals surface area contributed by atoms with Crippen molar-refractivity contribution < 1.29 is 9.18 Å². The van der Waals surface area contributed by atoms with Crippen LogP contribution in [0.3, 0.4) is 0 Å². The van der Waals surface area contributed by atoms with Crippen LogP contribution in [0, 0.1) is 5.82 Å². The molecule has 0 aliphatic rings. The molecule has 1 amide bonds. The molecule has 0 heterocycles. The predicted molar refractivity (Wildman–Crippen MR) is 80.6 cm³/mol. The summed E-state index contributed by atoms with van der Waals surface area (Å²) < 4.78 is 14.2. The van der Waals surface area contributed by atoms with E-state index in [1.807, 2.05) is 0 Å². The average molecular weight is 356 g/mol. The Bertz CT molecular complexity index is 676. The van der Waals surface area contributed by atoms with Gasteiger partial charge in [-0.15, -0.1) is 0 Å². The largest absolute Gasteiger partial charge is 0.272 e. The van der Waals surface area contributed by atoms with Gasteiger partial charge in [-0.05, 0) is 30.3 Å². The van der Waals surface area contributed by atoms with Gasteiger partial charge in [0.25, 0.3) is 5.91 Å². The molecule has 0 unspecified atom stereocenters. The number of amides is 1. The summed E-state index contributed by atoms with van der Waals surface area (Å²) in [6, 6.07) is 11.0. The number of benzene rings is 2. The van der Waals surface area contributed by atoms with Crippen molar-refractivity contribution in [2.24, 2.45) is 5.10 Å². The van der Waals surface area contributed by atoms with Crippen molar-refractivity contribution in [3.8, 4) is 0 Å². The molecule has 0 aromatic heterocycles. The highest BCUT2D eigenvalue weighted by Gasteiger charge is 2.08. The van der Waals surface area contributed by atoms with E-state index in [4.69, 9.17) is 11.6 Å². The van der Waals surface area contributed by atoms with Crippen LogP contribution < -0.4 is 5.43 Å². The Kier molecular flexibility index (Phi) is 4.87. The van der Waals surface area contributed by atoms with Crippen molar-refractivity contribution in [3.63, 3.8) is 0 Å². The summed E-state index contributed by atoms with van der Waals surface area (Å²) in [6.07, 6.45) is 1.23. The number of hydrogen-bond donors (Lipinski definition) is 1. The van der Waals surface area contributed by atoms with E-state index in [1.165, 1.54) is 12.3 Å². The third-order valence-corrected chi connectivity index (χ3v) is 3.27. The summed E-state index contributed by atoms with van der Waals surface area (Å²) in [5.74, 6) is -0.883. The molecule has 0 radical (unpaired) electrons. The lowest BCUT2D eigenvalue weighted by molar-refractivity contribution is 0.0955. The van der Waals surface area contributed by atoms with Crippen LogP contribution in [0.2, 0.25) is 5.02 Å². The molecule has 0 fully saturated rings.